The number of carbonyl (C=O) groups is 1. The first-order valence-electron chi connectivity index (χ1n) is 9.40. The van der Waals surface area contributed by atoms with Gasteiger partial charge in [0.25, 0.3) is 5.56 Å². The smallest absolute Gasteiger partial charge is 0.410 e. The number of hydrogen-bond acceptors (Lipinski definition) is 4. The van der Waals surface area contributed by atoms with Crippen LogP contribution in [-0.2, 0) is 4.74 Å². The number of piperidine rings is 1. The summed E-state index contributed by atoms with van der Waals surface area (Å²) in [6.07, 6.45) is 1.23. The fraction of sp³-hybridized carbons (Fsp3) is 0.450. The average Bonchev–Trinajstić information content (AvgIpc) is 2.99. The van der Waals surface area contributed by atoms with E-state index in [1.165, 1.54) is 4.52 Å². The van der Waals surface area contributed by atoms with Crippen LogP contribution in [0.5, 0.6) is 0 Å². The van der Waals surface area contributed by atoms with Crippen LogP contribution in [0, 0.1) is 0 Å². The molecule has 0 bridgehead atoms. The van der Waals surface area contributed by atoms with E-state index in [0.717, 1.165) is 33.9 Å². The lowest BCUT2D eigenvalue weighted by Crippen LogP contribution is -2.41. The SMILES string of the molecule is CC(C)(C)OC(=O)N1CCC(c2cc(=O)n3[nH]c4ccc(Br)cc4c3n2)CC1. The van der Waals surface area contributed by atoms with Gasteiger partial charge in [-0.2, -0.15) is 0 Å². The van der Waals surface area contributed by atoms with Gasteiger partial charge in [0.1, 0.15) is 5.60 Å². The molecule has 7 nitrogen and oxygen atoms in total. The molecule has 1 fully saturated rings. The van der Waals surface area contributed by atoms with E-state index in [2.05, 4.69) is 21.0 Å². The van der Waals surface area contributed by atoms with Gasteiger partial charge in [0.2, 0.25) is 0 Å². The molecule has 1 aromatic carbocycles. The van der Waals surface area contributed by atoms with Gasteiger partial charge in [-0.15, -0.1) is 0 Å². The number of nitrogens with zero attached hydrogens (tertiary/aromatic N) is 3. The Bertz CT molecular complexity index is 1100. The van der Waals surface area contributed by atoms with Crippen molar-refractivity contribution < 1.29 is 9.53 Å². The first-order chi connectivity index (χ1) is 13.2. The molecule has 1 saturated heterocycles. The summed E-state index contributed by atoms with van der Waals surface area (Å²) >= 11 is 3.48. The predicted molar refractivity (Wildman–Crippen MR) is 111 cm³/mol. The van der Waals surface area contributed by atoms with E-state index in [0.29, 0.717) is 18.7 Å². The number of aromatic nitrogens is 3. The molecule has 3 heterocycles. The van der Waals surface area contributed by atoms with E-state index in [1.54, 1.807) is 11.0 Å². The second-order valence-electron chi connectivity index (χ2n) is 8.22. The molecule has 0 radical (unpaired) electrons. The third-order valence-corrected chi connectivity index (χ3v) is 5.45. The molecular weight excluding hydrogens is 424 g/mol. The molecule has 0 unspecified atom stereocenters. The van der Waals surface area contributed by atoms with Gasteiger partial charge >= 0.3 is 6.09 Å². The number of H-pyrrole nitrogens is 1. The lowest BCUT2D eigenvalue weighted by atomic mass is 9.93. The predicted octanol–water partition coefficient (Wildman–Crippen LogP) is 4.05. The molecular formula is C20H23BrN4O3. The van der Waals surface area contributed by atoms with Gasteiger partial charge in [-0.05, 0) is 51.8 Å². The van der Waals surface area contributed by atoms with Crippen LogP contribution in [0.25, 0.3) is 16.6 Å². The number of carbonyl (C=O) groups excluding carboxylic acids is 1. The number of benzene rings is 1. The van der Waals surface area contributed by atoms with Crippen LogP contribution in [0.4, 0.5) is 4.79 Å². The Morgan fingerprint density at radius 2 is 1.96 bits per heavy atom. The third kappa shape index (κ3) is 3.65. The topological polar surface area (TPSA) is 79.7 Å². The monoisotopic (exact) mass is 446 g/mol. The zero-order valence-electron chi connectivity index (χ0n) is 16.2. The Balaban J connectivity index is 1.59. The summed E-state index contributed by atoms with van der Waals surface area (Å²) < 4.78 is 7.87. The van der Waals surface area contributed by atoms with Crippen molar-refractivity contribution in [3.05, 3.63) is 44.8 Å². The maximum atomic E-state index is 12.6. The summed E-state index contributed by atoms with van der Waals surface area (Å²) in [5.74, 6) is 0.147. The summed E-state index contributed by atoms with van der Waals surface area (Å²) in [5, 5.41) is 4.00. The van der Waals surface area contributed by atoms with Crippen LogP contribution >= 0.6 is 15.9 Å². The highest BCUT2D eigenvalue weighted by atomic mass is 79.9. The van der Waals surface area contributed by atoms with Gasteiger partial charge in [-0.3, -0.25) is 9.89 Å². The van der Waals surface area contributed by atoms with Crippen molar-refractivity contribution in [1.82, 2.24) is 19.5 Å². The van der Waals surface area contributed by atoms with E-state index in [-0.39, 0.29) is 17.6 Å². The zero-order chi connectivity index (χ0) is 20.1. The van der Waals surface area contributed by atoms with E-state index in [4.69, 9.17) is 9.72 Å². The quantitative estimate of drug-likeness (QED) is 0.611. The number of halogens is 1. The summed E-state index contributed by atoms with van der Waals surface area (Å²) in [6.45, 7) is 6.79. The molecule has 1 amide bonds. The fourth-order valence-electron chi connectivity index (χ4n) is 3.60. The normalized spacial score (nSPS) is 16.1. The zero-order valence-corrected chi connectivity index (χ0v) is 17.7. The number of hydrogen-bond donors (Lipinski definition) is 1. The molecule has 1 aliphatic heterocycles. The Kier molecular flexibility index (Phi) is 4.69. The number of fused-ring (bicyclic) bond motifs is 3. The third-order valence-electron chi connectivity index (χ3n) is 4.96. The van der Waals surface area contributed by atoms with Crippen molar-refractivity contribution in [2.75, 3.05) is 13.1 Å². The van der Waals surface area contributed by atoms with Crippen LogP contribution in [-0.4, -0.2) is 44.3 Å². The molecule has 148 valence electrons. The average molecular weight is 447 g/mol. The van der Waals surface area contributed by atoms with Crippen molar-refractivity contribution in [2.24, 2.45) is 0 Å². The highest BCUT2D eigenvalue weighted by molar-refractivity contribution is 9.10. The minimum atomic E-state index is -0.501. The van der Waals surface area contributed by atoms with Crippen molar-refractivity contribution in [2.45, 2.75) is 45.1 Å². The van der Waals surface area contributed by atoms with Gasteiger partial charge in [0, 0.05) is 34.9 Å². The molecule has 3 aromatic rings. The molecule has 2 aromatic heterocycles. The van der Waals surface area contributed by atoms with E-state index < -0.39 is 5.60 Å². The summed E-state index contributed by atoms with van der Waals surface area (Å²) in [5.41, 5.74) is 1.66. The minimum Gasteiger partial charge on any atom is -0.444 e. The van der Waals surface area contributed by atoms with Crippen molar-refractivity contribution >= 4 is 38.6 Å². The molecule has 0 spiro atoms. The Morgan fingerprint density at radius 3 is 2.64 bits per heavy atom. The number of aromatic amines is 1. The standard InChI is InChI=1S/C20H23BrN4O3/c1-20(2,3)28-19(27)24-8-6-12(7-9-24)16-11-17(26)25-18(22-16)14-10-13(21)4-5-15(14)23-25/h4-5,10-12,23H,6-9H2,1-3H3. The van der Waals surface area contributed by atoms with Crippen LogP contribution in [0.3, 0.4) is 0 Å². The second kappa shape index (κ2) is 6.92. The maximum Gasteiger partial charge on any atom is 0.410 e. The van der Waals surface area contributed by atoms with Gasteiger partial charge in [0.05, 0.1) is 11.2 Å². The molecule has 0 atom stereocenters. The summed E-state index contributed by atoms with van der Waals surface area (Å²) in [7, 11) is 0. The number of likely N-dealkylation sites (tertiary alicyclic amines) is 1. The number of rotatable bonds is 1. The molecule has 0 aliphatic carbocycles. The molecule has 8 heteroatoms. The second-order valence-corrected chi connectivity index (χ2v) is 9.14. The van der Waals surface area contributed by atoms with Crippen LogP contribution in [0.1, 0.15) is 45.2 Å². The lowest BCUT2D eigenvalue weighted by molar-refractivity contribution is 0.0204. The number of nitrogens with one attached hydrogen (secondary N) is 1. The Morgan fingerprint density at radius 1 is 1.25 bits per heavy atom. The summed E-state index contributed by atoms with van der Waals surface area (Å²) in [6, 6.07) is 7.41. The summed E-state index contributed by atoms with van der Waals surface area (Å²) in [4.78, 5) is 31.4. The number of ether oxygens (including phenoxy) is 1. The Labute approximate surface area is 170 Å². The molecule has 4 rings (SSSR count). The van der Waals surface area contributed by atoms with Crippen molar-refractivity contribution in [1.29, 1.82) is 0 Å². The van der Waals surface area contributed by atoms with Crippen molar-refractivity contribution in [3.63, 3.8) is 0 Å². The molecule has 1 aliphatic rings. The first-order valence-corrected chi connectivity index (χ1v) is 10.2. The maximum absolute atomic E-state index is 12.6. The van der Waals surface area contributed by atoms with Crippen LogP contribution in [0.15, 0.2) is 33.5 Å². The van der Waals surface area contributed by atoms with Crippen LogP contribution < -0.4 is 5.56 Å². The van der Waals surface area contributed by atoms with E-state index >= 15 is 0 Å². The number of amides is 1. The van der Waals surface area contributed by atoms with E-state index in [1.807, 2.05) is 39.0 Å². The van der Waals surface area contributed by atoms with Gasteiger partial charge < -0.3 is 9.64 Å². The fourth-order valence-corrected chi connectivity index (χ4v) is 3.96. The van der Waals surface area contributed by atoms with Gasteiger partial charge in [-0.1, -0.05) is 15.9 Å². The van der Waals surface area contributed by atoms with Gasteiger partial charge in [-0.25, -0.2) is 14.3 Å². The molecule has 28 heavy (non-hydrogen) atoms. The first kappa shape index (κ1) is 19.0. The van der Waals surface area contributed by atoms with Gasteiger partial charge in [0.15, 0.2) is 5.65 Å². The minimum absolute atomic E-state index is 0.123. The van der Waals surface area contributed by atoms with Crippen molar-refractivity contribution in [3.8, 4) is 0 Å². The largest absolute Gasteiger partial charge is 0.444 e. The Hall–Kier alpha value is -2.35. The van der Waals surface area contributed by atoms with Crippen LogP contribution in [0.2, 0.25) is 0 Å². The van der Waals surface area contributed by atoms with E-state index in [9.17, 15) is 9.59 Å². The molecule has 0 saturated carbocycles. The molecule has 1 N–H and O–H groups in total. The lowest BCUT2D eigenvalue weighted by Gasteiger charge is -2.33. The highest BCUT2D eigenvalue weighted by Gasteiger charge is 2.28. The highest BCUT2D eigenvalue weighted by Crippen LogP contribution is 2.29.